The lowest BCUT2D eigenvalue weighted by molar-refractivity contribution is 0.0907. The van der Waals surface area contributed by atoms with Gasteiger partial charge in [0.05, 0.1) is 6.10 Å². The number of amides is 1. The summed E-state index contributed by atoms with van der Waals surface area (Å²) < 4.78 is 5.51. The summed E-state index contributed by atoms with van der Waals surface area (Å²) in [5, 5.41) is 2.91. The minimum Gasteiger partial charge on any atom is -0.378 e. The van der Waals surface area contributed by atoms with E-state index in [9.17, 15) is 4.79 Å². The largest absolute Gasteiger partial charge is 0.378 e. The highest BCUT2D eigenvalue weighted by molar-refractivity contribution is 5.94. The molecule has 0 bridgehead atoms. The van der Waals surface area contributed by atoms with Gasteiger partial charge in [-0.25, -0.2) is 0 Å². The van der Waals surface area contributed by atoms with Crippen LogP contribution in [0.1, 0.15) is 35.2 Å². The molecule has 3 N–H and O–H groups in total. The van der Waals surface area contributed by atoms with Crippen LogP contribution in [-0.4, -0.2) is 25.2 Å². The predicted molar refractivity (Wildman–Crippen MR) is 70.3 cm³/mol. The maximum Gasteiger partial charge on any atom is 0.251 e. The molecule has 0 spiro atoms. The van der Waals surface area contributed by atoms with E-state index in [1.54, 1.807) is 0 Å². The van der Waals surface area contributed by atoms with Gasteiger partial charge in [0.1, 0.15) is 0 Å². The second-order valence-electron chi connectivity index (χ2n) is 4.58. The molecule has 0 aromatic heterocycles. The number of benzene rings is 1. The van der Waals surface area contributed by atoms with Crippen LogP contribution in [0.3, 0.4) is 0 Å². The van der Waals surface area contributed by atoms with Crippen LogP contribution in [0.25, 0.3) is 0 Å². The van der Waals surface area contributed by atoms with Crippen molar-refractivity contribution in [2.45, 2.75) is 31.9 Å². The van der Waals surface area contributed by atoms with Crippen molar-refractivity contribution in [2.75, 3.05) is 13.2 Å². The van der Waals surface area contributed by atoms with Gasteiger partial charge in [-0.15, -0.1) is 0 Å². The molecule has 18 heavy (non-hydrogen) atoms. The summed E-state index contributed by atoms with van der Waals surface area (Å²) in [6.45, 7) is 2.03. The molecule has 0 radical (unpaired) electrons. The Morgan fingerprint density at radius 2 is 2.17 bits per heavy atom. The van der Waals surface area contributed by atoms with Crippen molar-refractivity contribution in [3.8, 4) is 0 Å². The molecule has 0 aliphatic carbocycles. The Hall–Kier alpha value is -1.39. The molecular formula is C14H20N2O2. The van der Waals surface area contributed by atoms with E-state index in [1.165, 1.54) is 0 Å². The van der Waals surface area contributed by atoms with Crippen LogP contribution in [0.2, 0.25) is 0 Å². The van der Waals surface area contributed by atoms with E-state index in [2.05, 4.69) is 5.32 Å². The first-order chi connectivity index (χ1) is 8.79. The van der Waals surface area contributed by atoms with E-state index >= 15 is 0 Å². The molecule has 1 amide bonds. The Labute approximate surface area is 108 Å². The topological polar surface area (TPSA) is 64.4 Å². The highest BCUT2D eigenvalue weighted by Gasteiger charge is 2.15. The number of hydrogen-bond donors (Lipinski definition) is 2. The summed E-state index contributed by atoms with van der Waals surface area (Å²) in [5.74, 6) is -0.0310. The number of rotatable bonds is 5. The number of nitrogens with two attached hydrogens (primary N) is 1. The Kier molecular flexibility index (Phi) is 4.73. The predicted octanol–water partition coefficient (Wildman–Crippen LogP) is 1.44. The Morgan fingerprint density at radius 1 is 1.39 bits per heavy atom. The first-order valence-corrected chi connectivity index (χ1v) is 6.48. The summed E-state index contributed by atoms with van der Waals surface area (Å²) in [6, 6.07) is 7.39. The molecule has 1 fully saturated rings. The van der Waals surface area contributed by atoms with Gasteiger partial charge >= 0.3 is 0 Å². The van der Waals surface area contributed by atoms with E-state index in [0.29, 0.717) is 24.8 Å². The van der Waals surface area contributed by atoms with Crippen LogP contribution >= 0.6 is 0 Å². The fraction of sp³-hybridized carbons (Fsp3) is 0.500. The van der Waals surface area contributed by atoms with Gasteiger partial charge in [-0.1, -0.05) is 12.1 Å². The average molecular weight is 248 g/mol. The lowest BCUT2D eigenvalue weighted by Crippen LogP contribution is -2.27. The van der Waals surface area contributed by atoms with Crippen molar-refractivity contribution in [1.82, 2.24) is 5.32 Å². The normalized spacial score (nSPS) is 18.8. The van der Waals surface area contributed by atoms with Crippen LogP contribution in [0.4, 0.5) is 0 Å². The molecule has 0 saturated carbocycles. The van der Waals surface area contributed by atoms with Gasteiger partial charge in [0, 0.05) is 25.3 Å². The molecule has 1 heterocycles. The zero-order valence-corrected chi connectivity index (χ0v) is 10.5. The van der Waals surface area contributed by atoms with Gasteiger partial charge in [-0.3, -0.25) is 4.79 Å². The molecule has 98 valence electrons. The molecule has 4 nitrogen and oxygen atoms in total. The minimum atomic E-state index is -0.0310. The summed E-state index contributed by atoms with van der Waals surface area (Å²) in [5.41, 5.74) is 7.22. The van der Waals surface area contributed by atoms with Gasteiger partial charge in [0.2, 0.25) is 0 Å². The van der Waals surface area contributed by atoms with Crippen LogP contribution in [0.15, 0.2) is 24.3 Å². The monoisotopic (exact) mass is 248 g/mol. The highest BCUT2D eigenvalue weighted by atomic mass is 16.5. The summed E-state index contributed by atoms with van der Waals surface area (Å²) >= 11 is 0. The minimum absolute atomic E-state index is 0.0310. The van der Waals surface area contributed by atoms with Gasteiger partial charge in [0.25, 0.3) is 5.91 Å². The third-order valence-corrected chi connectivity index (χ3v) is 3.23. The molecule has 1 aromatic carbocycles. The molecule has 1 saturated heterocycles. The smallest absolute Gasteiger partial charge is 0.251 e. The molecule has 1 atom stereocenters. The fourth-order valence-electron chi connectivity index (χ4n) is 2.11. The number of nitrogens with one attached hydrogen (secondary N) is 1. The summed E-state index contributed by atoms with van der Waals surface area (Å²) in [6.07, 6.45) is 3.47. The van der Waals surface area contributed by atoms with Gasteiger partial charge in [-0.2, -0.15) is 0 Å². The number of ether oxygens (including phenoxy) is 1. The third kappa shape index (κ3) is 3.55. The first-order valence-electron chi connectivity index (χ1n) is 6.48. The molecular weight excluding hydrogens is 228 g/mol. The Bertz CT molecular complexity index is 383. The molecule has 4 heteroatoms. The van der Waals surface area contributed by atoms with Crippen molar-refractivity contribution < 1.29 is 9.53 Å². The van der Waals surface area contributed by atoms with Crippen LogP contribution in [-0.2, 0) is 11.3 Å². The Balaban J connectivity index is 1.76. The molecule has 1 aliphatic heterocycles. The highest BCUT2D eigenvalue weighted by Crippen LogP contribution is 2.14. The summed E-state index contributed by atoms with van der Waals surface area (Å²) in [7, 11) is 0. The van der Waals surface area contributed by atoms with E-state index in [-0.39, 0.29) is 5.91 Å². The van der Waals surface area contributed by atoms with Crippen molar-refractivity contribution >= 4 is 5.91 Å². The second kappa shape index (κ2) is 6.52. The van der Waals surface area contributed by atoms with Crippen molar-refractivity contribution in [3.63, 3.8) is 0 Å². The lowest BCUT2D eigenvalue weighted by Gasteiger charge is -2.10. The van der Waals surface area contributed by atoms with Gasteiger partial charge in [-0.05, 0) is 37.0 Å². The van der Waals surface area contributed by atoms with E-state index in [1.807, 2.05) is 24.3 Å². The molecule has 2 rings (SSSR count). The molecule has 1 aliphatic rings. The van der Waals surface area contributed by atoms with Crippen molar-refractivity contribution in [1.29, 1.82) is 0 Å². The first kappa shape index (κ1) is 13.1. The SMILES string of the molecule is NCc1ccc(C(=O)NCCC2CCCO2)cc1. The van der Waals surface area contributed by atoms with Crippen LogP contribution < -0.4 is 11.1 Å². The van der Waals surface area contributed by atoms with Crippen molar-refractivity contribution in [3.05, 3.63) is 35.4 Å². The maximum absolute atomic E-state index is 11.8. The number of hydrogen-bond acceptors (Lipinski definition) is 3. The second-order valence-corrected chi connectivity index (χ2v) is 4.58. The van der Waals surface area contributed by atoms with Crippen LogP contribution in [0.5, 0.6) is 0 Å². The zero-order chi connectivity index (χ0) is 12.8. The van der Waals surface area contributed by atoms with E-state index in [4.69, 9.17) is 10.5 Å². The standard InChI is InChI=1S/C14H20N2O2/c15-10-11-3-5-12(6-4-11)14(17)16-8-7-13-2-1-9-18-13/h3-6,13H,1-2,7-10,15H2,(H,16,17). The van der Waals surface area contributed by atoms with Crippen LogP contribution in [0, 0.1) is 0 Å². The summed E-state index contributed by atoms with van der Waals surface area (Å²) in [4.78, 5) is 11.8. The fourth-order valence-corrected chi connectivity index (χ4v) is 2.11. The van der Waals surface area contributed by atoms with E-state index < -0.39 is 0 Å². The average Bonchev–Trinajstić information content (AvgIpc) is 2.92. The van der Waals surface area contributed by atoms with Crippen molar-refractivity contribution in [2.24, 2.45) is 5.73 Å². The quantitative estimate of drug-likeness (QED) is 0.829. The molecule has 1 unspecified atom stereocenters. The number of carbonyl (C=O) groups excluding carboxylic acids is 1. The van der Waals surface area contributed by atoms with Gasteiger partial charge < -0.3 is 15.8 Å². The lowest BCUT2D eigenvalue weighted by atomic mass is 10.1. The van der Waals surface area contributed by atoms with E-state index in [0.717, 1.165) is 31.4 Å². The zero-order valence-electron chi connectivity index (χ0n) is 10.5. The number of carbonyl (C=O) groups is 1. The third-order valence-electron chi connectivity index (χ3n) is 3.23. The van der Waals surface area contributed by atoms with Gasteiger partial charge in [0.15, 0.2) is 0 Å². The maximum atomic E-state index is 11.8. The molecule has 1 aromatic rings. The Morgan fingerprint density at radius 3 is 2.78 bits per heavy atom.